The van der Waals surface area contributed by atoms with Gasteiger partial charge in [-0.05, 0) is 61.9 Å². The van der Waals surface area contributed by atoms with Crippen LogP contribution in [0.5, 0.6) is 0 Å². The maximum atomic E-state index is 5.30. The first-order chi connectivity index (χ1) is 6.57. The van der Waals surface area contributed by atoms with Crippen molar-refractivity contribution >= 4 is 0 Å². The zero-order valence-electron chi connectivity index (χ0n) is 9.57. The Morgan fingerprint density at radius 3 is 2.00 bits per heavy atom. The van der Waals surface area contributed by atoms with Crippen molar-refractivity contribution in [2.24, 2.45) is 0 Å². The van der Waals surface area contributed by atoms with Crippen LogP contribution in [-0.4, -0.2) is 0 Å². The normalized spacial score (nSPS) is 9.93. The van der Waals surface area contributed by atoms with Gasteiger partial charge in [-0.3, -0.25) is 0 Å². The van der Waals surface area contributed by atoms with Crippen LogP contribution in [-0.2, 0) is 6.42 Å². The molecular formula is C14H18. The van der Waals surface area contributed by atoms with Gasteiger partial charge in [-0.2, -0.15) is 0 Å². The Balaban J connectivity index is 3.19. The molecule has 0 aliphatic carbocycles. The summed E-state index contributed by atoms with van der Waals surface area (Å²) in [6.07, 6.45) is 7.15. The molecule has 0 aliphatic rings. The van der Waals surface area contributed by atoms with Crippen LogP contribution in [0.3, 0.4) is 0 Å². The molecule has 0 nitrogen and oxygen atoms in total. The lowest BCUT2D eigenvalue weighted by atomic mass is 9.92. The van der Waals surface area contributed by atoms with E-state index in [0.29, 0.717) is 0 Å². The molecule has 0 spiro atoms. The molecule has 0 atom stereocenters. The van der Waals surface area contributed by atoms with E-state index in [2.05, 4.69) is 39.7 Å². The smallest absolute Gasteiger partial charge is 0.0127 e. The number of terminal acetylenes is 1. The lowest BCUT2D eigenvalue weighted by Gasteiger charge is -2.14. The molecule has 0 bridgehead atoms. The number of hydrogen-bond donors (Lipinski definition) is 0. The lowest BCUT2D eigenvalue weighted by molar-refractivity contribution is 0.980. The third-order valence-corrected chi connectivity index (χ3v) is 3.04. The van der Waals surface area contributed by atoms with Gasteiger partial charge >= 0.3 is 0 Å². The van der Waals surface area contributed by atoms with Crippen molar-refractivity contribution in [3.05, 3.63) is 33.9 Å². The van der Waals surface area contributed by atoms with Crippen LogP contribution in [0.15, 0.2) is 6.07 Å². The first-order valence-corrected chi connectivity index (χ1v) is 5.07. The third kappa shape index (κ3) is 1.99. The van der Waals surface area contributed by atoms with Gasteiger partial charge in [0.1, 0.15) is 0 Å². The topological polar surface area (TPSA) is 0 Å². The van der Waals surface area contributed by atoms with Crippen molar-refractivity contribution in [1.82, 2.24) is 0 Å². The fraction of sp³-hybridized carbons (Fsp3) is 0.429. The van der Waals surface area contributed by atoms with Crippen molar-refractivity contribution in [1.29, 1.82) is 0 Å². The molecule has 0 aromatic heterocycles. The van der Waals surface area contributed by atoms with E-state index in [1.807, 2.05) is 0 Å². The molecule has 0 aliphatic heterocycles. The number of rotatable bonds is 2. The van der Waals surface area contributed by atoms with Gasteiger partial charge < -0.3 is 0 Å². The van der Waals surface area contributed by atoms with Crippen molar-refractivity contribution in [2.45, 2.75) is 40.5 Å². The molecule has 14 heavy (non-hydrogen) atoms. The zero-order chi connectivity index (χ0) is 10.7. The summed E-state index contributed by atoms with van der Waals surface area (Å²) < 4.78 is 0. The summed E-state index contributed by atoms with van der Waals surface area (Å²) in [6, 6.07) is 2.25. The molecule has 0 unspecified atom stereocenters. The quantitative estimate of drug-likeness (QED) is 0.620. The highest BCUT2D eigenvalue weighted by Gasteiger charge is 2.06. The molecule has 0 heterocycles. The van der Waals surface area contributed by atoms with Crippen LogP contribution in [0.25, 0.3) is 0 Å². The third-order valence-electron chi connectivity index (χ3n) is 3.04. The fourth-order valence-electron chi connectivity index (χ4n) is 1.87. The molecule has 74 valence electrons. The predicted molar refractivity (Wildman–Crippen MR) is 62.5 cm³/mol. The van der Waals surface area contributed by atoms with Gasteiger partial charge in [-0.25, -0.2) is 0 Å². The van der Waals surface area contributed by atoms with Gasteiger partial charge in [0.2, 0.25) is 0 Å². The number of benzene rings is 1. The minimum atomic E-state index is 0.838. The van der Waals surface area contributed by atoms with Crippen LogP contribution < -0.4 is 0 Å². The molecule has 0 saturated carbocycles. The van der Waals surface area contributed by atoms with Crippen LogP contribution in [0.4, 0.5) is 0 Å². The SMILES string of the molecule is C#CCCc1c(C)c(C)cc(C)c1C. The molecule has 0 radical (unpaired) electrons. The summed E-state index contributed by atoms with van der Waals surface area (Å²) in [4.78, 5) is 0. The van der Waals surface area contributed by atoms with Gasteiger partial charge in [-0.15, -0.1) is 12.3 Å². The Morgan fingerprint density at radius 1 is 1.07 bits per heavy atom. The van der Waals surface area contributed by atoms with E-state index in [1.165, 1.54) is 27.8 Å². The molecule has 1 rings (SSSR count). The summed E-state index contributed by atoms with van der Waals surface area (Å²) in [5.41, 5.74) is 7.01. The summed E-state index contributed by atoms with van der Waals surface area (Å²) in [5.74, 6) is 2.71. The van der Waals surface area contributed by atoms with E-state index in [-0.39, 0.29) is 0 Å². The monoisotopic (exact) mass is 186 g/mol. The highest BCUT2D eigenvalue weighted by atomic mass is 14.1. The highest BCUT2D eigenvalue weighted by Crippen LogP contribution is 2.22. The van der Waals surface area contributed by atoms with Crippen LogP contribution >= 0.6 is 0 Å². The molecule has 0 fully saturated rings. The molecule has 1 aromatic carbocycles. The molecule has 0 amide bonds. The van der Waals surface area contributed by atoms with Gasteiger partial charge in [0.05, 0.1) is 0 Å². The maximum Gasteiger partial charge on any atom is 0.0127 e. The second kappa shape index (κ2) is 4.33. The average Bonchev–Trinajstić information content (AvgIpc) is 2.15. The minimum Gasteiger partial charge on any atom is -0.120 e. The molecule has 0 saturated heterocycles. The van der Waals surface area contributed by atoms with E-state index in [0.717, 1.165) is 12.8 Å². The van der Waals surface area contributed by atoms with E-state index < -0.39 is 0 Å². The van der Waals surface area contributed by atoms with E-state index >= 15 is 0 Å². The Morgan fingerprint density at radius 2 is 1.57 bits per heavy atom. The summed E-state index contributed by atoms with van der Waals surface area (Å²) in [7, 11) is 0. The van der Waals surface area contributed by atoms with Crippen LogP contribution in [0, 0.1) is 40.0 Å². The Labute approximate surface area is 87.4 Å². The van der Waals surface area contributed by atoms with Crippen molar-refractivity contribution < 1.29 is 0 Å². The van der Waals surface area contributed by atoms with E-state index in [4.69, 9.17) is 6.42 Å². The van der Waals surface area contributed by atoms with E-state index in [1.54, 1.807) is 0 Å². The summed E-state index contributed by atoms with van der Waals surface area (Å²) >= 11 is 0. The van der Waals surface area contributed by atoms with Gasteiger partial charge in [0.15, 0.2) is 0 Å². The number of hydrogen-bond acceptors (Lipinski definition) is 0. The fourth-order valence-corrected chi connectivity index (χ4v) is 1.87. The zero-order valence-corrected chi connectivity index (χ0v) is 9.57. The summed E-state index contributed by atoms with van der Waals surface area (Å²) in [6.45, 7) is 8.71. The Kier molecular flexibility index (Phi) is 3.36. The van der Waals surface area contributed by atoms with E-state index in [9.17, 15) is 0 Å². The lowest BCUT2D eigenvalue weighted by Crippen LogP contribution is -1.98. The van der Waals surface area contributed by atoms with Crippen molar-refractivity contribution in [3.63, 3.8) is 0 Å². The predicted octanol–water partition coefficient (Wildman–Crippen LogP) is 3.49. The second-order valence-corrected chi connectivity index (χ2v) is 3.94. The standard InChI is InChI=1S/C14H18/c1-6-7-8-14-12(4)10(2)9-11(3)13(14)5/h1,9H,7-8H2,2-5H3. The molecule has 0 N–H and O–H groups in total. The van der Waals surface area contributed by atoms with Gasteiger partial charge in [-0.1, -0.05) is 6.07 Å². The summed E-state index contributed by atoms with van der Waals surface area (Å²) in [5, 5.41) is 0. The van der Waals surface area contributed by atoms with Crippen LogP contribution in [0.2, 0.25) is 0 Å². The first kappa shape index (κ1) is 10.9. The highest BCUT2D eigenvalue weighted by molar-refractivity contribution is 5.44. The molecule has 0 heteroatoms. The maximum absolute atomic E-state index is 5.30. The Bertz CT molecular complexity index is 352. The Hall–Kier alpha value is -1.22. The minimum absolute atomic E-state index is 0.838. The van der Waals surface area contributed by atoms with Gasteiger partial charge in [0.25, 0.3) is 0 Å². The molecule has 1 aromatic rings. The van der Waals surface area contributed by atoms with Crippen LogP contribution in [0.1, 0.15) is 34.2 Å². The van der Waals surface area contributed by atoms with Gasteiger partial charge in [0, 0.05) is 6.42 Å². The second-order valence-electron chi connectivity index (χ2n) is 3.94. The molecular weight excluding hydrogens is 168 g/mol. The largest absolute Gasteiger partial charge is 0.120 e. The first-order valence-electron chi connectivity index (χ1n) is 5.07. The van der Waals surface area contributed by atoms with Crippen molar-refractivity contribution in [3.8, 4) is 12.3 Å². The van der Waals surface area contributed by atoms with Crippen molar-refractivity contribution in [2.75, 3.05) is 0 Å². The average molecular weight is 186 g/mol. The number of aryl methyl sites for hydroxylation is 2.